The number of carbonyl (C=O) groups is 2. The Morgan fingerprint density at radius 2 is 1.62 bits per heavy atom. The summed E-state index contributed by atoms with van der Waals surface area (Å²) in [6, 6.07) is 3.28. The van der Waals surface area contributed by atoms with Crippen molar-refractivity contribution in [2.45, 2.75) is 26.2 Å². The van der Waals surface area contributed by atoms with Crippen LogP contribution in [0.5, 0.6) is 17.2 Å². The second-order valence-corrected chi connectivity index (χ2v) is 5.71. The van der Waals surface area contributed by atoms with Crippen molar-refractivity contribution in [3.63, 3.8) is 0 Å². The van der Waals surface area contributed by atoms with E-state index in [1.165, 1.54) is 21.3 Å². The van der Waals surface area contributed by atoms with E-state index in [2.05, 4.69) is 10.6 Å². The van der Waals surface area contributed by atoms with Gasteiger partial charge in [0, 0.05) is 24.4 Å². The fourth-order valence-electron chi connectivity index (χ4n) is 2.49. The van der Waals surface area contributed by atoms with Crippen LogP contribution in [0.25, 0.3) is 0 Å². The third kappa shape index (κ3) is 3.39. The van der Waals surface area contributed by atoms with Gasteiger partial charge in [-0.2, -0.15) is 0 Å². The van der Waals surface area contributed by atoms with Gasteiger partial charge in [-0.05, 0) is 19.3 Å². The summed E-state index contributed by atoms with van der Waals surface area (Å²) >= 11 is 0. The van der Waals surface area contributed by atoms with Crippen molar-refractivity contribution >= 4 is 17.5 Å². The van der Waals surface area contributed by atoms with Gasteiger partial charge >= 0.3 is 0 Å². The van der Waals surface area contributed by atoms with Gasteiger partial charge in [-0.25, -0.2) is 0 Å². The number of hydrogen-bond acceptors (Lipinski definition) is 5. The van der Waals surface area contributed by atoms with Gasteiger partial charge in [0.2, 0.25) is 17.6 Å². The lowest BCUT2D eigenvalue weighted by atomic mass is 10.0. The Bertz CT molecular complexity index is 600. The van der Waals surface area contributed by atoms with Gasteiger partial charge < -0.3 is 24.8 Å². The lowest BCUT2D eigenvalue weighted by Gasteiger charge is -2.17. The van der Waals surface area contributed by atoms with Crippen LogP contribution >= 0.6 is 0 Å². The van der Waals surface area contributed by atoms with E-state index in [4.69, 9.17) is 14.2 Å². The molecule has 1 aromatic rings. The molecule has 2 rings (SSSR count). The van der Waals surface area contributed by atoms with E-state index in [1.54, 1.807) is 12.1 Å². The quantitative estimate of drug-likeness (QED) is 0.709. The monoisotopic (exact) mass is 336 g/mol. The molecular weight excluding hydrogens is 312 g/mol. The summed E-state index contributed by atoms with van der Waals surface area (Å²) < 4.78 is 15.8. The Hall–Kier alpha value is -2.44. The summed E-state index contributed by atoms with van der Waals surface area (Å²) in [4.78, 5) is 24.8. The van der Waals surface area contributed by atoms with Gasteiger partial charge in [0.1, 0.15) is 5.41 Å². The largest absolute Gasteiger partial charge is 0.493 e. The fourth-order valence-corrected chi connectivity index (χ4v) is 2.49. The predicted octanol–water partition coefficient (Wildman–Crippen LogP) is 1.96. The Morgan fingerprint density at radius 1 is 1.04 bits per heavy atom. The first-order valence-corrected chi connectivity index (χ1v) is 7.92. The van der Waals surface area contributed by atoms with E-state index in [0.717, 1.165) is 6.42 Å². The summed E-state index contributed by atoms with van der Waals surface area (Å²) in [6.07, 6.45) is 1.94. The molecule has 132 valence electrons. The van der Waals surface area contributed by atoms with E-state index in [-0.39, 0.29) is 11.8 Å². The molecule has 1 aliphatic carbocycles. The molecule has 0 bridgehead atoms. The summed E-state index contributed by atoms with van der Waals surface area (Å²) in [5, 5.41) is 5.58. The number of rotatable bonds is 8. The average molecular weight is 336 g/mol. The van der Waals surface area contributed by atoms with E-state index < -0.39 is 5.41 Å². The molecule has 24 heavy (non-hydrogen) atoms. The third-order valence-corrected chi connectivity index (χ3v) is 4.08. The van der Waals surface area contributed by atoms with Crippen LogP contribution in [-0.2, 0) is 9.59 Å². The van der Waals surface area contributed by atoms with Crippen LogP contribution in [0.2, 0.25) is 0 Å². The maximum absolute atomic E-state index is 12.6. The standard InChI is InChI=1S/C17H24N2O5/c1-5-8-18-15(20)17(6-7-17)16(21)19-11-9-12(22-2)14(24-4)13(10-11)23-3/h9-10H,5-8H2,1-4H3,(H,18,20)(H,19,21). The highest BCUT2D eigenvalue weighted by Crippen LogP contribution is 2.47. The van der Waals surface area contributed by atoms with Gasteiger partial charge in [-0.15, -0.1) is 0 Å². The van der Waals surface area contributed by atoms with Gasteiger partial charge in [-0.1, -0.05) is 6.92 Å². The SMILES string of the molecule is CCCNC(=O)C1(C(=O)Nc2cc(OC)c(OC)c(OC)c2)CC1. The Kier molecular flexibility index (Phi) is 5.54. The van der Waals surface area contributed by atoms with Crippen LogP contribution in [0.4, 0.5) is 5.69 Å². The van der Waals surface area contributed by atoms with Crippen LogP contribution in [0.15, 0.2) is 12.1 Å². The maximum atomic E-state index is 12.6. The lowest BCUT2D eigenvalue weighted by Crippen LogP contribution is -2.40. The molecule has 1 saturated carbocycles. The second kappa shape index (κ2) is 7.42. The summed E-state index contributed by atoms with van der Waals surface area (Å²) in [6.45, 7) is 2.54. The minimum Gasteiger partial charge on any atom is -0.493 e. The molecule has 0 saturated heterocycles. The molecule has 0 spiro atoms. The highest BCUT2D eigenvalue weighted by Gasteiger charge is 2.56. The van der Waals surface area contributed by atoms with Crippen molar-refractivity contribution in [3.8, 4) is 17.2 Å². The number of carbonyl (C=O) groups excluding carboxylic acids is 2. The first-order chi connectivity index (χ1) is 11.5. The fraction of sp³-hybridized carbons (Fsp3) is 0.529. The number of hydrogen-bond donors (Lipinski definition) is 2. The average Bonchev–Trinajstić information content (AvgIpc) is 3.40. The Balaban J connectivity index is 2.19. The highest BCUT2D eigenvalue weighted by atomic mass is 16.5. The molecule has 0 aliphatic heterocycles. The van der Waals surface area contributed by atoms with Gasteiger partial charge in [0.25, 0.3) is 0 Å². The van der Waals surface area contributed by atoms with Crippen molar-refractivity contribution < 1.29 is 23.8 Å². The molecule has 0 heterocycles. The minimum atomic E-state index is -0.963. The highest BCUT2D eigenvalue weighted by molar-refractivity contribution is 6.13. The summed E-state index contributed by atoms with van der Waals surface area (Å²) in [7, 11) is 4.52. The van der Waals surface area contributed by atoms with Crippen LogP contribution in [0.3, 0.4) is 0 Å². The zero-order valence-electron chi connectivity index (χ0n) is 14.5. The molecule has 7 heteroatoms. The third-order valence-electron chi connectivity index (χ3n) is 4.08. The van der Waals surface area contributed by atoms with Gasteiger partial charge in [0.05, 0.1) is 21.3 Å². The van der Waals surface area contributed by atoms with E-state index in [9.17, 15) is 9.59 Å². The smallest absolute Gasteiger partial charge is 0.240 e. The zero-order chi connectivity index (χ0) is 17.7. The van der Waals surface area contributed by atoms with E-state index >= 15 is 0 Å². The van der Waals surface area contributed by atoms with Crippen molar-refractivity contribution in [1.82, 2.24) is 5.32 Å². The van der Waals surface area contributed by atoms with E-state index in [1.807, 2.05) is 6.92 Å². The number of nitrogens with one attached hydrogen (secondary N) is 2. The number of amides is 2. The molecule has 1 aliphatic rings. The number of anilines is 1. The normalized spacial score (nSPS) is 14.5. The minimum absolute atomic E-state index is 0.214. The predicted molar refractivity (Wildman–Crippen MR) is 89.7 cm³/mol. The topological polar surface area (TPSA) is 85.9 Å². The molecule has 0 unspecified atom stereocenters. The second-order valence-electron chi connectivity index (χ2n) is 5.71. The molecule has 2 N–H and O–H groups in total. The number of benzene rings is 1. The zero-order valence-corrected chi connectivity index (χ0v) is 14.5. The summed E-state index contributed by atoms with van der Waals surface area (Å²) in [5.74, 6) is 0.791. The van der Waals surface area contributed by atoms with Gasteiger partial charge in [0.15, 0.2) is 11.5 Å². The first-order valence-electron chi connectivity index (χ1n) is 7.92. The summed E-state index contributed by atoms with van der Waals surface area (Å²) in [5.41, 5.74) is -0.473. The van der Waals surface area contributed by atoms with Crippen LogP contribution in [0.1, 0.15) is 26.2 Å². The first kappa shape index (κ1) is 17.9. The molecule has 0 atom stereocenters. The van der Waals surface area contributed by atoms with Crippen molar-refractivity contribution in [2.24, 2.45) is 5.41 Å². The number of methoxy groups -OCH3 is 3. The van der Waals surface area contributed by atoms with Crippen LogP contribution < -0.4 is 24.8 Å². The van der Waals surface area contributed by atoms with E-state index in [0.29, 0.717) is 42.3 Å². The maximum Gasteiger partial charge on any atom is 0.240 e. The number of ether oxygens (including phenoxy) is 3. The molecule has 0 radical (unpaired) electrons. The molecule has 1 aromatic carbocycles. The van der Waals surface area contributed by atoms with Crippen molar-refractivity contribution in [3.05, 3.63) is 12.1 Å². The van der Waals surface area contributed by atoms with Crippen molar-refractivity contribution in [2.75, 3.05) is 33.2 Å². The molecule has 1 fully saturated rings. The molecule has 7 nitrogen and oxygen atoms in total. The van der Waals surface area contributed by atoms with Crippen LogP contribution in [0, 0.1) is 5.41 Å². The van der Waals surface area contributed by atoms with Crippen LogP contribution in [-0.4, -0.2) is 39.7 Å². The molecular formula is C17H24N2O5. The van der Waals surface area contributed by atoms with Crippen molar-refractivity contribution in [1.29, 1.82) is 0 Å². The molecule has 0 aromatic heterocycles. The molecule has 2 amide bonds. The van der Waals surface area contributed by atoms with Gasteiger partial charge in [-0.3, -0.25) is 9.59 Å². The Labute approximate surface area is 141 Å². The lowest BCUT2D eigenvalue weighted by molar-refractivity contribution is -0.134. The Morgan fingerprint density at radius 3 is 2.04 bits per heavy atom.